The van der Waals surface area contributed by atoms with Crippen LogP contribution >= 0.6 is 0 Å². The number of alkyl halides is 3. The average Bonchev–Trinajstić information content (AvgIpc) is 3.21. The van der Waals surface area contributed by atoms with Gasteiger partial charge >= 0.3 is 6.18 Å². The van der Waals surface area contributed by atoms with Gasteiger partial charge in [0.2, 0.25) is 0 Å². The molecule has 1 saturated heterocycles. The number of methoxy groups -OCH3 is 1. The number of piperazine rings is 1. The molecule has 1 N–H and O–H groups in total. The van der Waals surface area contributed by atoms with Crippen molar-refractivity contribution in [3.63, 3.8) is 0 Å². The second-order valence-corrected chi connectivity index (χ2v) is 7.73. The van der Waals surface area contributed by atoms with Crippen LogP contribution in [-0.2, 0) is 6.18 Å². The summed E-state index contributed by atoms with van der Waals surface area (Å²) in [6.07, 6.45) is -2.64. The molecule has 4 rings (SSSR count). The van der Waals surface area contributed by atoms with Crippen LogP contribution in [0.25, 0.3) is 10.9 Å². The van der Waals surface area contributed by atoms with Crippen molar-refractivity contribution in [1.29, 1.82) is 0 Å². The minimum Gasteiger partial charge on any atom is -0.497 e. The van der Waals surface area contributed by atoms with E-state index in [9.17, 15) is 18.0 Å². The van der Waals surface area contributed by atoms with E-state index >= 15 is 0 Å². The molecule has 1 aromatic heterocycles. The summed E-state index contributed by atoms with van der Waals surface area (Å²) in [5, 5.41) is 0.818. The van der Waals surface area contributed by atoms with Crippen LogP contribution < -0.4 is 9.64 Å². The summed E-state index contributed by atoms with van der Waals surface area (Å²) >= 11 is 0. The summed E-state index contributed by atoms with van der Waals surface area (Å²) in [5.74, 6) is 0.690. The number of benzene rings is 2. The van der Waals surface area contributed by atoms with E-state index in [0.29, 0.717) is 43.2 Å². The van der Waals surface area contributed by atoms with Crippen LogP contribution in [0.2, 0.25) is 0 Å². The number of halogens is 3. The van der Waals surface area contributed by atoms with Gasteiger partial charge in [-0.05, 0) is 43.3 Å². The van der Waals surface area contributed by atoms with Crippen molar-refractivity contribution < 1.29 is 22.7 Å². The lowest BCUT2D eigenvalue weighted by Crippen LogP contribution is -2.51. The lowest BCUT2D eigenvalue weighted by Gasteiger charge is -2.38. The van der Waals surface area contributed by atoms with E-state index in [1.54, 1.807) is 19.4 Å². The van der Waals surface area contributed by atoms with Gasteiger partial charge in [0.05, 0.1) is 18.7 Å². The number of fused-ring (bicyclic) bond motifs is 1. The quantitative estimate of drug-likeness (QED) is 0.601. The smallest absolute Gasteiger partial charge is 0.416 e. The molecule has 8 heteroatoms. The summed E-state index contributed by atoms with van der Waals surface area (Å²) in [6.45, 7) is 4.17. The van der Waals surface area contributed by atoms with Crippen molar-refractivity contribution in [2.45, 2.75) is 19.1 Å². The molecular weight excluding hydrogens is 407 g/mol. The second-order valence-electron chi connectivity index (χ2n) is 7.73. The van der Waals surface area contributed by atoms with E-state index in [2.05, 4.69) is 9.88 Å². The maximum atomic E-state index is 13.2. The van der Waals surface area contributed by atoms with Crippen molar-refractivity contribution >= 4 is 22.4 Å². The molecule has 1 aliphatic rings. The van der Waals surface area contributed by atoms with Gasteiger partial charge in [-0.1, -0.05) is 6.07 Å². The molecule has 2 aromatic carbocycles. The lowest BCUT2D eigenvalue weighted by atomic mass is 10.0. The molecule has 2 heterocycles. The van der Waals surface area contributed by atoms with Crippen LogP contribution in [0.5, 0.6) is 5.75 Å². The summed E-state index contributed by atoms with van der Waals surface area (Å²) in [4.78, 5) is 20.3. The Hall–Kier alpha value is -3.00. The molecular formula is C23H24F3N3O2. The molecule has 31 heavy (non-hydrogen) atoms. The Bertz CT molecular complexity index is 1090. The summed E-state index contributed by atoms with van der Waals surface area (Å²) in [5.41, 5.74) is 1.38. The standard InChI is InChI=1S/C23H24F3N3O2/c1-15(22(30)20-14-27-21-7-6-18(31-2)13-19(20)21)28-8-10-29(11-9-28)17-5-3-4-16(12-17)23(24,25)26/h3-7,12-15,27H,8-11H2,1-2H3. The number of ether oxygens (including phenoxy) is 1. The molecule has 5 nitrogen and oxygen atoms in total. The van der Waals surface area contributed by atoms with Gasteiger partial charge in [0.1, 0.15) is 5.75 Å². The zero-order valence-electron chi connectivity index (χ0n) is 17.4. The van der Waals surface area contributed by atoms with E-state index < -0.39 is 11.7 Å². The Morgan fingerprint density at radius 3 is 2.52 bits per heavy atom. The Kier molecular flexibility index (Phi) is 5.66. The summed E-state index contributed by atoms with van der Waals surface area (Å²) in [7, 11) is 1.59. The second kappa shape index (κ2) is 8.26. The number of rotatable bonds is 5. The minimum absolute atomic E-state index is 0.00650. The molecule has 164 valence electrons. The lowest BCUT2D eigenvalue weighted by molar-refractivity contribution is -0.137. The number of hydrogen-bond donors (Lipinski definition) is 1. The van der Waals surface area contributed by atoms with Crippen LogP contribution in [-0.4, -0.2) is 55.0 Å². The largest absolute Gasteiger partial charge is 0.497 e. The van der Waals surface area contributed by atoms with Gasteiger partial charge in [0, 0.05) is 54.5 Å². The molecule has 0 amide bonds. The fraction of sp³-hybridized carbons (Fsp3) is 0.348. The fourth-order valence-electron chi connectivity index (χ4n) is 4.07. The molecule has 0 spiro atoms. The molecule has 0 saturated carbocycles. The van der Waals surface area contributed by atoms with Gasteiger partial charge < -0.3 is 14.6 Å². The average molecular weight is 431 g/mol. The number of nitrogens with one attached hydrogen (secondary N) is 1. The zero-order valence-corrected chi connectivity index (χ0v) is 17.4. The molecule has 0 aliphatic carbocycles. The number of nitrogens with zero attached hydrogens (tertiary/aromatic N) is 2. The van der Waals surface area contributed by atoms with Gasteiger partial charge in [-0.3, -0.25) is 9.69 Å². The number of Topliss-reactive ketones (excluding diaryl/α,β-unsaturated/α-hetero) is 1. The zero-order chi connectivity index (χ0) is 22.2. The third-order valence-electron chi connectivity index (χ3n) is 5.93. The first-order valence-corrected chi connectivity index (χ1v) is 10.1. The predicted octanol–water partition coefficient (Wildman–Crippen LogP) is 4.59. The molecule has 0 radical (unpaired) electrons. The van der Waals surface area contributed by atoms with Crippen molar-refractivity contribution in [3.8, 4) is 5.75 Å². The fourth-order valence-corrected chi connectivity index (χ4v) is 4.07. The maximum absolute atomic E-state index is 13.2. The van der Waals surface area contributed by atoms with Gasteiger partial charge in [-0.25, -0.2) is 0 Å². The number of aromatic amines is 1. The molecule has 1 atom stereocenters. The number of anilines is 1. The highest BCUT2D eigenvalue weighted by Gasteiger charge is 2.32. The van der Waals surface area contributed by atoms with E-state index in [1.165, 1.54) is 12.1 Å². The first-order valence-electron chi connectivity index (χ1n) is 10.1. The Morgan fingerprint density at radius 1 is 1.10 bits per heavy atom. The van der Waals surface area contributed by atoms with Crippen LogP contribution in [0.15, 0.2) is 48.7 Å². The van der Waals surface area contributed by atoms with Gasteiger partial charge in [-0.15, -0.1) is 0 Å². The number of hydrogen-bond acceptors (Lipinski definition) is 4. The van der Waals surface area contributed by atoms with Gasteiger partial charge in [0.25, 0.3) is 0 Å². The number of H-pyrrole nitrogens is 1. The number of carbonyl (C=O) groups excluding carboxylic acids is 1. The maximum Gasteiger partial charge on any atom is 0.416 e. The number of aromatic nitrogens is 1. The Labute approximate surface area is 178 Å². The Balaban J connectivity index is 1.45. The molecule has 1 unspecified atom stereocenters. The Morgan fingerprint density at radius 2 is 1.84 bits per heavy atom. The molecule has 0 bridgehead atoms. The van der Waals surface area contributed by atoms with Crippen LogP contribution in [0.3, 0.4) is 0 Å². The summed E-state index contributed by atoms with van der Waals surface area (Å²) in [6, 6.07) is 10.6. The molecule has 1 aliphatic heterocycles. The van der Waals surface area contributed by atoms with Crippen molar-refractivity contribution in [2.75, 3.05) is 38.2 Å². The monoisotopic (exact) mass is 431 g/mol. The highest BCUT2D eigenvalue weighted by molar-refractivity contribution is 6.10. The van der Waals surface area contributed by atoms with Crippen LogP contribution in [0.4, 0.5) is 18.9 Å². The van der Waals surface area contributed by atoms with E-state index in [-0.39, 0.29) is 11.8 Å². The number of ketones is 1. The van der Waals surface area contributed by atoms with Crippen molar-refractivity contribution in [3.05, 3.63) is 59.8 Å². The highest BCUT2D eigenvalue weighted by Crippen LogP contribution is 2.32. The van der Waals surface area contributed by atoms with E-state index in [4.69, 9.17) is 4.74 Å². The van der Waals surface area contributed by atoms with Crippen LogP contribution in [0.1, 0.15) is 22.8 Å². The van der Waals surface area contributed by atoms with Gasteiger partial charge in [0.15, 0.2) is 5.78 Å². The highest BCUT2D eigenvalue weighted by atomic mass is 19.4. The normalized spacial score (nSPS) is 16.5. The van der Waals surface area contributed by atoms with E-state index in [0.717, 1.165) is 17.0 Å². The number of carbonyl (C=O) groups is 1. The summed E-state index contributed by atoms with van der Waals surface area (Å²) < 4.78 is 44.3. The van der Waals surface area contributed by atoms with Crippen molar-refractivity contribution in [2.24, 2.45) is 0 Å². The SMILES string of the molecule is COc1ccc2[nH]cc(C(=O)C(C)N3CCN(c4cccc(C(F)(F)F)c4)CC3)c2c1. The van der Waals surface area contributed by atoms with Crippen LogP contribution in [0, 0.1) is 0 Å². The third kappa shape index (κ3) is 4.25. The van der Waals surface area contributed by atoms with E-state index in [1.807, 2.05) is 30.0 Å². The predicted molar refractivity (Wildman–Crippen MR) is 114 cm³/mol. The molecule has 1 fully saturated rings. The first-order chi connectivity index (χ1) is 14.8. The third-order valence-corrected chi connectivity index (χ3v) is 5.93. The van der Waals surface area contributed by atoms with Crippen molar-refractivity contribution in [1.82, 2.24) is 9.88 Å². The van der Waals surface area contributed by atoms with Gasteiger partial charge in [-0.2, -0.15) is 13.2 Å². The topological polar surface area (TPSA) is 48.6 Å². The minimum atomic E-state index is -4.36. The first kappa shape index (κ1) is 21.2. The molecule has 3 aromatic rings.